The van der Waals surface area contributed by atoms with Gasteiger partial charge in [0.25, 0.3) is 0 Å². The van der Waals surface area contributed by atoms with E-state index < -0.39 is 0 Å². The van der Waals surface area contributed by atoms with Crippen molar-refractivity contribution in [3.8, 4) is 0 Å². The average molecular weight is 294 g/mol. The monoisotopic (exact) mass is 293 g/mol. The Morgan fingerprint density at radius 1 is 1.21 bits per heavy atom. The predicted molar refractivity (Wildman–Crippen MR) is 85.4 cm³/mol. The van der Waals surface area contributed by atoms with Gasteiger partial charge in [-0.3, -0.25) is 0 Å². The van der Waals surface area contributed by atoms with E-state index in [9.17, 15) is 0 Å². The van der Waals surface area contributed by atoms with E-state index in [4.69, 9.17) is 11.6 Å². The van der Waals surface area contributed by atoms with Gasteiger partial charge in [-0.15, -0.1) is 11.3 Å². The highest BCUT2D eigenvalue weighted by Gasteiger charge is 2.10. The largest absolute Gasteiger partial charge is 0.317 e. The molecule has 0 saturated carbocycles. The number of thiophene rings is 1. The third-order valence-electron chi connectivity index (χ3n) is 3.51. The Morgan fingerprint density at radius 3 is 2.63 bits per heavy atom. The standard InChI is InChI=1S/C16H20ClNS/c1-12-5-3-4-6-13(12)7-8-14(18-2)11-15-9-10-16(17)19-15/h3-6,9-10,14,18H,7-8,11H2,1-2H3. The molecule has 1 atom stereocenters. The van der Waals surface area contributed by atoms with E-state index in [2.05, 4.69) is 42.6 Å². The van der Waals surface area contributed by atoms with Crippen LogP contribution in [0.5, 0.6) is 0 Å². The quantitative estimate of drug-likeness (QED) is 0.828. The van der Waals surface area contributed by atoms with Crippen LogP contribution in [-0.4, -0.2) is 13.1 Å². The molecular formula is C16H20ClNS. The third kappa shape index (κ3) is 4.34. The van der Waals surface area contributed by atoms with Crippen LogP contribution in [0, 0.1) is 6.92 Å². The van der Waals surface area contributed by atoms with E-state index in [1.165, 1.54) is 16.0 Å². The molecule has 19 heavy (non-hydrogen) atoms. The zero-order chi connectivity index (χ0) is 13.7. The molecule has 3 heteroatoms. The van der Waals surface area contributed by atoms with Crippen LogP contribution in [0.25, 0.3) is 0 Å². The number of nitrogens with one attached hydrogen (secondary N) is 1. The summed E-state index contributed by atoms with van der Waals surface area (Å²) < 4.78 is 0.878. The highest BCUT2D eigenvalue weighted by Crippen LogP contribution is 2.23. The Labute approximate surface area is 124 Å². The second-order valence-corrected chi connectivity index (χ2v) is 6.66. The third-order valence-corrected chi connectivity index (χ3v) is 4.76. The van der Waals surface area contributed by atoms with Crippen molar-refractivity contribution in [1.29, 1.82) is 0 Å². The Morgan fingerprint density at radius 2 is 2.00 bits per heavy atom. The van der Waals surface area contributed by atoms with Crippen molar-refractivity contribution < 1.29 is 0 Å². The molecule has 0 aliphatic rings. The minimum absolute atomic E-state index is 0.509. The SMILES string of the molecule is CNC(CCc1ccccc1C)Cc1ccc(Cl)s1. The normalized spacial score (nSPS) is 12.6. The molecule has 0 bridgehead atoms. The van der Waals surface area contributed by atoms with Gasteiger partial charge >= 0.3 is 0 Å². The molecule has 0 saturated heterocycles. The Balaban J connectivity index is 1.91. The lowest BCUT2D eigenvalue weighted by Crippen LogP contribution is -2.27. The van der Waals surface area contributed by atoms with Crippen LogP contribution in [-0.2, 0) is 12.8 Å². The Kier molecular flexibility index (Phi) is 5.44. The highest BCUT2D eigenvalue weighted by molar-refractivity contribution is 7.16. The van der Waals surface area contributed by atoms with Crippen molar-refractivity contribution in [3.05, 3.63) is 56.7 Å². The number of halogens is 1. The summed E-state index contributed by atoms with van der Waals surface area (Å²) in [5.74, 6) is 0. The zero-order valence-electron chi connectivity index (χ0n) is 11.4. The second-order valence-electron chi connectivity index (χ2n) is 4.86. The van der Waals surface area contributed by atoms with Crippen LogP contribution < -0.4 is 5.32 Å². The van der Waals surface area contributed by atoms with Gasteiger partial charge in [-0.05, 0) is 56.5 Å². The highest BCUT2D eigenvalue weighted by atomic mass is 35.5. The van der Waals surface area contributed by atoms with Gasteiger partial charge in [-0.25, -0.2) is 0 Å². The number of rotatable bonds is 6. The maximum absolute atomic E-state index is 5.98. The summed E-state index contributed by atoms with van der Waals surface area (Å²) in [5, 5.41) is 3.41. The summed E-state index contributed by atoms with van der Waals surface area (Å²) in [5.41, 5.74) is 2.84. The van der Waals surface area contributed by atoms with Crippen molar-refractivity contribution >= 4 is 22.9 Å². The molecule has 102 valence electrons. The molecule has 1 aromatic carbocycles. The Hall–Kier alpha value is -0.830. The van der Waals surface area contributed by atoms with Crippen molar-refractivity contribution in [2.75, 3.05) is 7.05 Å². The predicted octanol–water partition coefficient (Wildman–Crippen LogP) is 4.47. The molecule has 0 aliphatic carbocycles. The van der Waals surface area contributed by atoms with Gasteiger partial charge < -0.3 is 5.32 Å². The van der Waals surface area contributed by atoms with Crippen molar-refractivity contribution in [3.63, 3.8) is 0 Å². The van der Waals surface area contributed by atoms with E-state index in [0.717, 1.165) is 23.6 Å². The maximum Gasteiger partial charge on any atom is 0.0931 e. The number of hydrogen-bond donors (Lipinski definition) is 1. The molecule has 0 spiro atoms. The van der Waals surface area contributed by atoms with E-state index >= 15 is 0 Å². The fourth-order valence-corrected chi connectivity index (χ4v) is 3.44. The van der Waals surface area contributed by atoms with Gasteiger partial charge in [0.1, 0.15) is 0 Å². The van der Waals surface area contributed by atoms with Crippen LogP contribution in [0.3, 0.4) is 0 Å². The van der Waals surface area contributed by atoms with Crippen molar-refractivity contribution in [2.24, 2.45) is 0 Å². The van der Waals surface area contributed by atoms with Crippen molar-refractivity contribution in [1.82, 2.24) is 5.32 Å². The summed E-state index contributed by atoms with van der Waals surface area (Å²) in [7, 11) is 2.04. The first-order chi connectivity index (χ1) is 9.19. The minimum Gasteiger partial charge on any atom is -0.317 e. The topological polar surface area (TPSA) is 12.0 Å². The fourth-order valence-electron chi connectivity index (χ4n) is 2.27. The van der Waals surface area contributed by atoms with Crippen LogP contribution in [0.15, 0.2) is 36.4 Å². The first-order valence-electron chi connectivity index (χ1n) is 6.65. The van der Waals surface area contributed by atoms with E-state index in [1.807, 2.05) is 13.1 Å². The van der Waals surface area contributed by atoms with Crippen LogP contribution in [0.4, 0.5) is 0 Å². The number of benzene rings is 1. The number of hydrogen-bond acceptors (Lipinski definition) is 2. The summed E-state index contributed by atoms with van der Waals surface area (Å²) in [6.45, 7) is 2.18. The lowest BCUT2D eigenvalue weighted by Gasteiger charge is -2.16. The first-order valence-corrected chi connectivity index (χ1v) is 7.84. The summed E-state index contributed by atoms with van der Waals surface area (Å²) in [6.07, 6.45) is 3.33. The Bertz CT molecular complexity index is 521. The zero-order valence-corrected chi connectivity index (χ0v) is 13.0. The maximum atomic E-state index is 5.98. The summed E-state index contributed by atoms with van der Waals surface area (Å²) in [6, 6.07) is 13.3. The number of aryl methyl sites for hydroxylation is 2. The molecule has 0 amide bonds. The smallest absolute Gasteiger partial charge is 0.0931 e. The van der Waals surface area contributed by atoms with Gasteiger partial charge in [-0.2, -0.15) is 0 Å². The molecule has 2 rings (SSSR count). The summed E-state index contributed by atoms with van der Waals surface area (Å²) >= 11 is 7.66. The van der Waals surface area contributed by atoms with Gasteiger partial charge in [-0.1, -0.05) is 35.9 Å². The van der Waals surface area contributed by atoms with Crippen LogP contribution >= 0.6 is 22.9 Å². The molecule has 0 aliphatic heterocycles. The van der Waals surface area contributed by atoms with E-state index in [1.54, 1.807) is 11.3 Å². The molecule has 1 nitrogen and oxygen atoms in total. The van der Waals surface area contributed by atoms with E-state index in [0.29, 0.717) is 6.04 Å². The van der Waals surface area contributed by atoms with Crippen LogP contribution in [0.1, 0.15) is 22.4 Å². The molecule has 1 heterocycles. The van der Waals surface area contributed by atoms with Crippen LogP contribution in [0.2, 0.25) is 4.34 Å². The minimum atomic E-state index is 0.509. The number of likely N-dealkylation sites (N-methyl/N-ethyl adjacent to an activating group) is 1. The average Bonchev–Trinajstić information content (AvgIpc) is 2.81. The van der Waals surface area contributed by atoms with Gasteiger partial charge in [0.15, 0.2) is 0 Å². The fraction of sp³-hybridized carbons (Fsp3) is 0.375. The first kappa shape index (κ1) is 14.6. The van der Waals surface area contributed by atoms with Gasteiger partial charge in [0.05, 0.1) is 4.34 Å². The molecule has 2 aromatic rings. The molecule has 1 unspecified atom stereocenters. The van der Waals surface area contributed by atoms with E-state index in [-0.39, 0.29) is 0 Å². The molecule has 1 N–H and O–H groups in total. The lowest BCUT2D eigenvalue weighted by molar-refractivity contribution is 0.523. The molecule has 0 fully saturated rings. The second kappa shape index (κ2) is 7.09. The van der Waals surface area contributed by atoms with Gasteiger partial charge in [0, 0.05) is 10.9 Å². The molecule has 1 aromatic heterocycles. The van der Waals surface area contributed by atoms with Gasteiger partial charge in [0.2, 0.25) is 0 Å². The lowest BCUT2D eigenvalue weighted by atomic mass is 9.99. The molecular weight excluding hydrogens is 274 g/mol. The molecule has 0 radical (unpaired) electrons. The van der Waals surface area contributed by atoms with Crippen molar-refractivity contribution in [2.45, 2.75) is 32.2 Å². The summed E-state index contributed by atoms with van der Waals surface area (Å²) in [4.78, 5) is 1.36.